The van der Waals surface area contributed by atoms with Gasteiger partial charge in [0, 0.05) is 16.3 Å². The average Bonchev–Trinajstić information content (AvgIpc) is 2.41. The summed E-state index contributed by atoms with van der Waals surface area (Å²) in [5.41, 5.74) is 0.785. The largest absolute Gasteiger partial charge is 0.507 e. The monoisotopic (exact) mass is 240 g/mol. The molecule has 0 aliphatic heterocycles. The predicted molar refractivity (Wildman–Crippen MR) is 69.1 cm³/mol. The van der Waals surface area contributed by atoms with Crippen molar-refractivity contribution < 1.29 is 14.6 Å². The zero-order chi connectivity index (χ0) is 13.0. The van der Waals surface area contributed by atoms with Crippen LogP contribution in [0.25, 0.3) is 10.8 Å². The Morgan fingerprint density at radius 3 is 2.67 bits per heavy atom. The minimum atomic E-state index is -0.356. The highest BCUT2D eigenvalue weighted by atomic mass is 16.5. The second-order valence-electron chi connectivity index (χ2n) is 3.73. The summed E-state index contributed by atoms with van der Waals surface area (Å²) in [5.74, 6) is 5.55. The normalized spacial score (nSPS) is 9.61. The summed E-state index contributed by atoms with van der Waals surface area (Å²) in [6, 6.07) is 10.8. The molecule has 0 aliphatic rings. The van der Waals surface area contributed by atoms with Crippen molar-refractivity contribution in [1.29, 1.82) is 0 Å². The van der Waals surface area contributed by atoms with E-state index in [-0.39, 0.29) is 18.1 Å². The van der Waals surface area contributed by atoms with E-state index < -0.39 is 0 Å². The minimum Gasteiger partial charge on any atom is -0.507 e. The van der Waals surface area contributed by atoms with E-state index in [1.165, 1.54) is 7.11 Å². The van der Waals surface area contributed by atoms with Crippen molar-refractivity contribution in [3.8, 4) is 17.6 Å². The number of hydrogen-bond donors (Lipinski definition) is 1. The molecule has 1 N–H and O–H groups in total. The van der Waals surface area contributed by atoms with Gasteiger partial charge in [-0.05, 0) is 12.1 Å². The van der Waals surface area contributed by atoms with E-state index >= 15 is 0 Å². The maximum atomic E-state index is 11.0. The van der Waals surface area contributed by atoms with Crippen LogP contribution in [-0.4, -0.2) is 18.2 Å². The maximum absolute atomic E-state index is 11.0. The fraction of sp³-hybridized carbons (Fsp3) is 0.133. The van der Waals surface area contributed by atoms with Gasteiger partial charge >= 0.3 is 5.97 Å². The number of fused-ring (bicyclic) bond motifs is 1. The van der Waals surface area contributed by atoms with Gasteiger partial charge in [0.25, 0.3) is 0 Å². The van der Waals surface area contributed by atoms with E-state index in [0.29, 0.717) is 0 Å². The lowest BCUT2D eigenvalue weighted by atomic mass is 10.0. The van der Waals surface area contributed by atoms with Gasteiger partial charge in [-0.15, -0.1) is 0 Å². The summed E-state index contributed by atoms with van der Waals surface area (Å²) in [5, 5.41) is 11.3. The van der Waals surface area contributed by atoms with Crippen LogP contribution in [0.2, 0.25) is 0 Å². The molecule has 2 aromatic rings. The summed E-state index contributed by atoms with van der Waals surface area (Å²) in [7, 11) is 1.33. The third-order valence-corrected chi connectivity index (χ3v) is 2.58. The first kappa shape index (κ1) is 12.0. The molecule has 0 atom stereocenters. The van der Waals surface area contributed by atoms with E-state index in [4.69, 9.17) is 0 Å². The first-order valence-corrected chi connectivity index (χ1v) is 5.49. The van der Waals surface area contributed by atoms with Crippen molar-refractivity contribution in [2.45, 2.75) is 6.42 Å². The topological polar surface area (TPSA) is 46.5 Å². The van der Waals surface area contributed by atoms with Gasteiger partial charge in [-0.3, -0.25) is 4.79 Å². The summed E-state index contributed by atoms with van der Waals surface area (Å²) < 4.78 is 4.51. The summed E-state index contributed by atoms with van der Waals surface area (Å²) in [4.78, 5) is 11.0. The van der Waals surface area contributed by atoms with Gasteiger partial charge in [0.15, 0.2) is 0 Å². The third-order valence-electron chi connectivity index (χ3n) is 2.58. The number of rotatable bonds is 1. The molecule has 0 fully saturated rings. The van der Waals surface area contributed by atoms with Crippen LogP contribution in [0, 0.1) is 11.8 Å². The Morgan fingerprint density at radius 1 is 1.22 bits per heavy atom. The molecule has 0 amide bonds. The molecular formula is C15H12O3. The molecule has 0 saturated carbocycles. The highest BCUT2D eigenvalue weighted by Crippen LogP contribution is 2.26. The number of benzene rings is 2. The highest BCUT2D eigenvalue weighted by Gasteiger charge is 2.02. The lowest BCUT2D eigenvalue weighted by Crippen LogP contribution is -1.97. The van der Waals surface area contributed by atoms with E-state index in [1.807, 2.05) is 24.3 Å². The molecule has 3 nitrogen and oxygen atoms in total. The number of methoxy groups -OCH3 is 1. The number of phenolic OH excluding ortho intramolecular Hbond substituents is 1. The minimum absolute atomic E-state index is 0.0612. The average molecular weight is 240 g/mol. The van der Waals surface area contributed by atoms with E-state index in [9.17, 15) is 9.90 Å². The molecule has 0 spiro atoms. The second-order valence-corrected chi connectivity index (χ2v) is 3.73. The Morgan fingerprint density at radius 2 is 1.94 bits per heavy atom. The Labute approximate surface area is 105 Å². The lowest BCUT2D eigenvalue weighted by Gasteiger charge is -2.02. The number of ether oxygens (including phenoxy) is 1. The quantitative estimate of drug-likeness (QED) is 0.615. The van der Waals surface area contributed by atoms with Gasteiger partial charge in [-0.25, -0.2) is 0 Å². The van der Waals surface area contributed by atoms with Gasteiger partial charge in [-0.2, -0.15) is 0 Å². The predicted octanol–water partition coefficient (Wildman–Crippen LogP) is 2.46. The second kappa shape index (κ2) is 5.24. The van der Waals surface area contributed by atoms with Crippen molar-refractivity contribution in [2.24, 2.45) is 0 Å². The van der Waals surface area contributed by atoms with Crippen LogP contribution in [-0.2, 0) is 9.53 Å². The number of phenols is 1. The molecule has 0 aliphatic carbocycles. The summed E-state index contributed by atoms with van der Waals surface area (Å²) in [6.45, 7) is 0. The van der Waals surface area contributed by atoms with Crippen LogP contribution in [0.4, 0.5) is 0 Å². The van der Waals surface area contributed by atoms with Crippen LogP contribution in [0.5, 0.6) is 5.75 Å². The molecule has 2 aromatic carbocycles. The Kier molecular flexibility index (Phi) is 3.49. The third kappa shape index (κ3) is 2.44. The van der Waals surface area contributed by atoms with Crippen LogP contribution in [0.1, 0.15) is 12.0 Å². The number of carbonyl (C=O) groups excluding carboxylic acids is 1. The van der Waals surface area contributed by atoms with Crippen LogP contribution >= 0.6 is 0 Å². The van der Waals surface area contributed by atoms with Crippen molar-refractivity contribution in [3.05, 3.63) is 42.0 Å². The highest BCUT2D eigenvalue weighted by molar-refractivity contribution is 5.92. The van der Waals surface area contributed by atoms with Crippen molar-refractivity contribution in [3.63, 3.8) is 0 Å². The molecule has 0 saturated heterocycles. The fourth-order valence-corrected chi connectivity index (χ4v) is 1.68. The van der Waals surface area contributed by atoms with E-state index in [1.54, 1.807) is 12.1 Å². The zero-order valence-electron chi connectivity index (χ0n) is 9.93. The molecular weight excluding hydrogens is 228 g/mol. The van der Waals surface area contributed by atoms with Crippen LogP contribution in [0.3, 0.4) is 0 Å². The zero-order valence-corrected chi connectivity index (χ0v) is 9.93. The summed E-state index contributed by atoms with van der Waals surface area (Å²) in [6.07, 6.45) is 0.0612. The van der Waals surface area contributed by atoms with E-state index in [2.05, 4.69) is 16.6 Å². The van der Waals surface area contributed by atoms with Gasteiger partial charge in [0.1, 0.15) is 12.2 Å². The Bertz CT molecular complexity index is 648. The molecule has 2 rings (SSSR count). The van der Waals surface area contributed by atoms with Crippen molar-refractivity contribution in [2.75, 3.05) is 7.11 Å². The number of carbonyl (C=O) groups is 1. The molecule has 18 heavy (non-hydrogen) atoms. The molecule has 0 radical (unpaired) electrons. The van der Waals surface area contributed by atoms with Gasteiger partial charge < -0.3 is 9.84 Å². The van der Waals surface area contributed by atoms with Gasteiger partial charge in [-0.1, -0.05) is 36.1 Å². The smallest absolute Gasteiger partial charge is 0.317 e. The Hall–Kier alpha value is -2.47. The molecule has 0 bridgehead atoms. The molecule has 3 heteroatoms. The molecule has 0 unspecified atom stereocenters. The van der Waals surface area contributed by atoms with Crippen molar-refractivity contribution in [1.82, 2.24) is 0 Å². The fourth-order valence-electron chi connectivity index (χ4n) is 1.68. The number of esters is 1. The molecule has 90 valence electrons. The first-order valence-electron chi connectivity index (χ1n) is 5.49. The van der Waals surface area contributed by atoms with Crippen LogP contribution < -0.4 is 0 Å². The van der Waals surface area contributed by atoms with Crippen molar-refractivity contribution >= 4 is 16.7 Å². The lowest BCUT2D eigenvalue weighted by molar-refractivity contribution is -0.139. The van der Waals surface area contributed by atoms with Gasteiger partial charge in [0.05, 0.1) is 7.11 Å². The van der Waals surface area contributed by atoms with E-state index in [0.717, 1.165) is 16.3 Å². The SMILES string of the molecule is COC(=O)CC#Cc1ccc(O)c2ccccc12. The number of hydrogen-bond acceptors (Lipinski definition) is 3. The number of aromatic hydroxyl groups is 1. The molecule has 0 aromatic heterocycles. The van der Waals surface area contributed by atoms with Crippen LogP contribution in [0.15, 0.2) is 36.4 Å². The standard InChI is InChI=1S/C15H12O3/c1-18-15(17)8-4-5-11-9-10-14(16)13-7-3-2-6-12(11)13/h2-3,6-7,9-10,16H,8H2,1H3. The first-order chi connectivity index (χ1) is 8.72. The van der Waals surface area contributed by atoms with Gasteiger partial charge in [0.2, 0.25) is 0 Å². The summed E-state index contributed by atoms with van der Waals surface area (Å²) >= 11 is 0. The maximum Gasteiger partial charge on any atom is 0.317 e. The Balaban J connectivity index is 2.40. The molecule has 0 heterocycles.